The van der Waals surface area contributed by atoms with E-state index in [4.69, 9.17) is 0 Å². The van der Waals surface area contributed by atoms with Crippen LogP contribution in [0.4, 0.5) is 5.69 Å². The maximum Gasteiger partial charge on any atom is 0.251 e. The van der Waals surface area contributed by atoms with Crippen LogP contribution < -0.4 is 10.6 Å². The van der Waals surface area contributed by atoms with E-state index in [0.717, 1.165) is 41.8 Å². The molecule has 0 radical (unpaired) electrons. The molecule has 2 N–H and O–H groups in total. The van der Waals surface area contributed by atoms with Crippen LogP contribution in [0.25, 0.3) is 0 Å². The molecule has 1 aliphatic heterocycles. The van der Waals surface area contributed by atoms with E-state index in [1.165, 1.54) is 0 Å². The minimum Gasteiger partial charge on any atom is -0.385 e. The quantitative estimate of drug-likeness (QED) is 0.892. The lowest BCUT2D eigenvalue weighted by atomic mass is 9.97. The number of amides is 1. The SMILES string of the molecule is Cn1cc(CNC(=O)c2cccc3c2CCCN3)cn1. The van der Waals surface area contributed by atoms with Crippen molar-refractivity contribution in [1.29, 1.82) is 0 Å². The summed E-state index contributed by atoms with van der Waals surface area (Å²) in [5, 5.41) is 10.4. The molecule has 1 aliphatic rings. The van der Waals surface area contributed by atoms with Crippen LogP contribution >= 0.6 is 0 Å². The van der Waals surface area contributed by atoms with Gasteiger partial charge in [0.1, 0.15) is 0 Å². The van der Waals surface area contributed by atoms with Crippen LogP contribution in [0.3, 0.4) is 0 Å². The molecule has 104 valence electrons. The predicted octanol–water partition coefficient (Wildman–Crippen LogP) is 1.71. The standard InChI is InChI=1S/C15H18N4O/c1-19-10-11(9-18-19)8-17-15(20)13-4-2-6-14-12(13)5-3-7-16-14/h2,4,6,9-10,16H,3,5,7-8H2,1H3,(H,17,20). The molecule has 2 heterocycles. The Morgan fingerprint density at radius 2 is 2.40 bits per heavy atom. The normalized spacial score (nSPS) is 13.4. The molecule has 0 unspecified atom stereocenters. The zero-order valence-electron chi connectivity index (χ0n) is 11.5. The van der Waals surface area contributed by atoms with Crippen LogP contribution in [-0.2, 0) is 20.0 Å². The van der Waals surface area contributed by atoms with Crippen LogP contribution in [0.1, 0.15) is 27.9 Å². The fourth-order valence-corrected chi connectivity index (χ4v) is 2.56. The molecule has 3 rings (SSSR count). The van der Waals surface area contributed by atoms with Crippen LogP contribution in [0.2, 0.25) is 0 Å². The molecule has 0 spiro atoms. The highest BCUT2D eigenvalue weighted by Crippen LogP contribution is 2.25. The van der Waals surface area contributed by atoms with Gasteiger partial charge in [0.05, 0.1) is 6.20 Å². The van der Waals surface area contributed by atoms with Crippen LogP contribution in [0.5, 0.6) is 0 Å². The van der Waals surface area contributed by atoms with E-state index in [2.05, 4.69) is 15.7 Å². The number of rotatable bonds is 3. The molecular formula is C15H18N4O. The van der Waals surface area contributed by atoms with Crippen molar-refractivity contribution in [3.05, 3.63) is 47.3 Å². The first-order valence-electron chi connectivity index (χ1n) is 6.85. The average Bonchev–Trinajstić information content (AvgIpc) is 2.90. The number of aryl methyl sites for hydroxylation is 1. The Balaban J connectivity index is 1.74. The molecule has 20 heavy (non-hydrogen) atoms. The first-order valence-corrected chi connectivity index (χ1v) is 6.85. The third-order valence-electron chi connectivity index (χ3n) is 3.55. The Labute approximate surface area is 118 Å². The Bertz CT molecular complexity index is 633. The third kappa shape index (κ3) is 2.52. The monoisotopic (exact) mass is 270 g/mol. The van der Waals surface area contributed by atoms with E-state index in [-0.39, 0.29) is 5.91 Å². The van der Waals surface area contributed by atoms with E-state index in [1.807, 2.05) is 31.4 Å². The molecule has 0 bridgehead atoms. The van der Waals surface area contributed by atoms with Crippen LogP contribution in [0.15, 0.2) is 30.6 Å². The highest BCUT2D eigenvalue weighted by Gasteiger charge is 2.17. The topological polar surface area (TPSA) is 59.0 Å². The van der Waals surface area contributed by atoms with Crippen LogP contribution in [0, 0.1) is 0 Å². The van der Waals surface area contributed by atoms with Gasteiger partial charge in [0.25, 0.3) is 5.91 Å². The van der Waals surface area contributed by atoms with Gasteiger partial charge >= 0.3 is 0 Å². The van der Waals surface area contributed by atoms with Crippen molar-refractivity contribution in [1.82, 2.24) is 15.1 Å². The molecule has 5 heteroatoms. The van der Waals surface area contributed by atoms with Crippen molar-refractivity contribution < 1.29 is 4.79 Å². The summed E-state index contributed by atoms with van der Waals surface area (Å²) in [6.07, 6.45) is 5.70. The molecule has 5 nitrogen and oxygen atoms in total. The number of fused-ring (bicyclic) bond motifs is 1. The molecule has 0 fully saturated rings. The number of anilines is 1. The van der Waals surface area contributed by atoms with E-state index >= 15 is 0 Å². The summed E-state index contributed by atoms with van der Waals surface area (Å²) in [6, 6.07) is 5.85. The Hall–Kier alpha value is -2.30. The van der Waals surface area contributed by atoms with E-state index < -0.39 is 0 Å². The van der Waals surface area contributed by atoms with Gasteiger partial charge < -0.3 is 10.6 Å². The fraction of sp³-hybridized carbons (Fsp3) is 0.333. The van der Waals surface area contributed by atoms with E-state index in [9.17, 15) is 4.79 Å². The van der Waals surface area contributed by atoms with Crippen LogP contribution in [-0.4, -0.2) is 22.2 Å². The van der Waals surface area contributed by atoms with Gasteiger partial charge in [0.2, 0.25) is 0 Å². The molecule has 1 aromatic heterocycles. The highest BCUT2D eigenvalue weighted by molar-refractivity contribution is 5.97. The summed E-state index contributed by atoms with van der Waals surface area (Å²) < 4.78 is 1.73. The molecule has 0 saturated heterocycles. The molecule has 0 saturated carbocycles. The lowest BCUT2D eigenvalue weighted by Crippen LogP contribution is -2.25. The summed E-state index contributed by atoms with van der Waals surface area (Å²) >= 11 is 0. The Morgan fingerprint density at radius 3 is 3.20 bits per heavy atom. The lowest BCUT2D eigenvalue weighted by Gasteiger charge is -2.20. The minimum atomic E-state index is -0.0191. The number of aromatic nitrogens is 2. The zero-order valence-corrected chi connectivity index (χ0v) is 11.5. The van der Waals surface area contributed by atoms with Gasteiger partial charge in [-0.3, -0.25) is 9.48 Å². The molecular weight excluding hydrogens is 252 g/mol. The molecule has 0 atom stereocenters. The van der Waals surface area contributed by atoms with Gasteiger partial charge in [-0.2, -0.15) is 5.10 Å². The summed E-state index contributed by atoms with van der Waals surface area (Å²) in [5.41, 5.74) is 4.00. The highest BCUT2D eigenvalue weighted by atomic mass is 16.1. The van der Waals surface area contributed by atoms with Crippen molar-refractivity contribution in [2.45, 2.75) is 19.4 Å². The first-order chi connectivity index (χ1) is 9.74. The Morgan fingerprint density at radius 1 is 1.50 bits per heavy atom. The maximum atomic E-state index is 12.3. The average molecular weight is 270 g/mol. The smallest absolute Gasteiger partial charge is 0.251 e. The molecule has 1 amide bonds. The number of nitrogens with one attached hydrogen (secondary N) is 2. The summed E-state index contributed by atoms with van der Waals surface area (Å²) in [4.78, 5) is 12.3. The zero-order chi connectivity index (χ0) is 13.9. The number of carbonyl (C=O) groups excluding carboxylic acids is 1. The largest absolute Gasteiger partial charge is 0.385 e. The number of benzene rings is 1. The van der Waals surface area contributed by atoms with Crippen molar-refractivity contribution in [2.75, 3.05) is 11.9 Å². The van der Waals surface area contributed by atoms with Crippen molar-refractivity contribution in [3.63, 3.8) is 0 Å². The summed E-state index contributed by atoms with van der Waals surface area (Å²) in [6.45, 7) is 1.48. The summed E-state index contributed by atoms with van der Waals surface area (Å²) in [7, 11) is 1.87. The van der Waals surface area contributed by atoms with Gasteiger partial charge in [-0.25, -0.2) is 0 Å². The second-order valence-electron chi connectivity index (χ2n) is 5.07. The molecule has 1 aromatic carbocycles. The van der Waals surface area contributed by atoms with Crippen molar-refractivity contribution in [3.8, 4) is 0 Å². The van der Waals surface area contributed by atoms with Gasteiger partial charge in [-0.15, -0.1) is 0 Å². The number of hydrogen-bond donors (Lipinski definition) is 2. The second kappa shape index (κ2) is 5.36. The fourth-order valence-electron chi connectivity index (χ4n) is 2.56. The number of nitrogens with zero attached hydrogens (tertiary/aromatic N) is 2. The van der Waals surface area contributed by atoms with Gasteiger partial charge in [0, 0.05) is 43.1 Å². The molecule has 0 aliphatic carbocycles. The van der Waals surface area contributed by atoms with Crippen molar-refractivity contribution in [2.24, 2.45) is 7.05 Å². The minimum absolute atomic E-state index is 0.0191. The van der Waals surface area contributed by atoms with Crippen molar-refractivity contribution >= 4 is 11.6 Å². The second-order valence-corrected chi connectivity index (χ2v) is 5.07. The Kier molecular flexibility index (Phi) is 3.41. The maximum absolute atomic E-state index is 12.3. The molecule has 2 aromatic rings. The van der Waals surface area contributed by atoms with Gasteiger partial charge in [-0.05, 0) is 30.5 Å². The lowest BCUT2D eigenvalue weighted by molar-refractivity contribution is 0.0950. The third-order valence-corrected chi connectivity index (χ3v) is 3.55. The summed E-state index contributed by atoms with van der Waals surface area (Å²) in [5.74, 6) is -0.0191. The van der Waals surface area contributed by atoms with E-state index in [1.54, 1.807) is 10.9 Å². The van der Waals surface area contributed by atoms with Gasteiger partial charge in [-0.1, -0.05) is 6.07 Å². The van der Waals surface area contributed by atoms with Gasteiger partial charge in [0.15, 0.2) is 0 Å². The number of hydrogen-bond acceptors (Lipinski definition) is 3. The van der Waals surface area contributed by atoms with E-state index in [0.29, 0.717) is 6.54 Å². The number of carbonyl (C=O) groups is 1. The predicted molar refractivity (Wildman–Crippen MR) is 77.6 cm³/mol. The first kappa shape index (κ1) is 12.7.